The lowest BCUT2D eigenvalue weighted by atomic mass is 10.4. The monoisotopic (exact) mass is 471 g/mol. The van der Waals surface area contributed by atoms with Gasteiger partial charge in [-0.1, -0.05) is 11.6 Å². The van der Waals surface area contributed by atoms with E-state index in [2.05, 4.69) is 29.1 Å². The van der Waals surface area contributed by atoms with E-state index in [4.69, 9.17) is 21.3 Å². The highest BCUT2D eigenvalue weighted by molar-refractivity contribution is 14.0. The predicted molar refractivity (Wildman–Crippen MR) is 113 cm³/mol. The van der Waals surface area contributed by atoms with E-state index in [0.29, 0.717) is 0 Å². The Morgan fingerprint density at radius 3 is 2.62 bits per heavy atom. The van der Waals surface area contributed by atoms with Gasteiger partial charge in [0.1, 0.15) is 0 Å². The molecule has 0 aliphatic rings. The molecule has 0 saturated carbocycles. The van der Waals surface area contributed by atoms with Crippen molar-refractivity contribution in [2.45, 2.75) is 13.5 Å². The normalized spacial score (nSPS) is 11.5. The molecule has 0 atom stereocenters. The van der Waals surface area contributed by atoms with Crippen LogP contribution in [0.25, 0.3) is 0 Å². The number of ether oxygens (including phenoxy) is 1. The molecule has 0 amide bonds. The predicted octanol–water partition coefficient (Wildman–Crippen LogP) is 2.27. The molecule has 6 nitrogen and oxygen atoms in total. The van der Waals surface area contributed by atoms with Crippen molar-refractivity contribution in [3.8, 4) is 0 Å². The van der Waals surface area contributed by atoms with E-state index in [1.807, 2.05) is 30.9 Å². The maximum atomic E-state index is 6.05. The number of hydrogen-bond acceptors (Lipinski definition) is 3. The quantitative estimate of drug-likeness (QED) is 0.341. The van der Waals surface area contributed by atoms with E-state index in [1.54, 1.807) is 7.11 Å². The number of guanidine groups is 1. The van der Waals surface area contributed by atoms with Gasteiger partial charge in [-0.25, -0.2) is 0 Å². The Labute approximate surface area is 168 Å². The molecular weight excluding hydrogens is 441 g/mol. The Morgan fingerprint density at radius 1 is 1.38 bits per heavy atom. The van der Waals surface area contributed by atoms with Crippen molar-refractivity contribution < 1.29 is 4.74 Å². The summed E-state index contributed by atoms with van der Waals surface area (Å²) in [6.07, 6.45) is 1.92. The minimum Gasteiger partial charge on any atom is -0.383 e. The molecule has 1 aromatic rings. The van der Waals surface area contributed by atoms with Gasteiger partial charge in [-0.05, 0) is 20.0 Å². The van der Waals surface area contributed by atoms with Crippen molar-refractivity contribution in [2.24, 2.45) is 12.0 Å². The van der Waals surface area contributed by atoms with E-state index in [-0.39, 0.29) is 24.0 Å². The van der Waals surface area contributed by atoms with Crippen LogP contribution < -0.4 is 5.32 Å². The topological polar surface area (TPSA) is 45.0 Å². The largest absolute Gasteiger partial charge is 0.383 e. The van der Waals surface area contributed by atoms with Crippen molar-refractivity contribution >= 4 is 41.5 Å². The summed E-state index contributed by atoms with van der Waals surface area (Å²) in [5.41, 5.74) is 1.15. The second-order valence-corrected chi connectivity index (χ2v) is 6.08. The first-order chi connectivity index (χ1) is 11.0. The summed E-state index contributed by atoms with van der Waals surface area (Å²) in [5, 5.41) is 4.10. The van der Waals surface area contributed by atoms with Gasteiger partial charge in [-0.15, -0.1) is 24.0 Å². The number of methoxy groups -OCH3 is 1. The zero-order valence-electron chi connectivity index (χ0n) is 15.4. The Hall–Kier alpha value is -0.510. The number of nitrogens with one attached hydrogen (secondary N) is 1. The fourth-order valence-corrected chi connectivity index (χ4v) is 2.47. The molecule has 0 unspecified atom stereocenters. The Bertz CT molecular complexity index is 495. The molecule has 0 aliphatic carbocycles. The summed E-state index contributed by atoms with van der Waals surface area (Å²) in [5.74, 6) is 0.907. The molecule has 24 heavy (non-hydrogen) atoms. The van der Waals surface area contributed by atoms with Crippen LogP contribution in [0.4, 0.5) is 0 Å². The van der Waals surface area contributed by atoms with E-state index < -0.39 is 0 Å². The van der Waals surface area contributed by atoms with Crippen LogP contribution in [-0.2, 0) is 18.3 Å². The average Bonchev–Trinajstić information content (AvgIpc) is 2.81. The number of aliphatic imine (C=N–C) groups is 1. The van der Waals surface area contributed by atoms with Crippen molar-refractivity contribution in [1.29, 1.82) is 0 Å². The average molecular weight is 472 g/mol. The molecule has 140 valence electrons. The van der Waals surface area contributed by atoms with E-state index >= 15 is 0 Å². The van der Waals surface area contributed by atoms with E-state index in [0.717, 1.165) is 56.0 Å². The highest BCUT2D eigenvalue weighted by atomic mass is 127. The lowest BCUT2D eigenvalue weighted by molar-refractivity contribution is 0.163. The van der Waals surface area contributed by atoms with Crippen LogP contribution in [0.3, 0.4) is 0 Å². The number of halogens is 2. The van der Waals surface area contributed by atoms with Gasteiger partial charge in [0, 0.05) is 52.7 Å². The first kappa shape index (κ1) is 23.5. The first-order valence-electron chi connectivity index (χ1n) is 7.95. The third-order valence-corrected chi connectivity index (χ3v) is 3.80. The molecule has 1 rings (SSSR count). The maximum Gasteiger partial charge on any atom is 0.194 e. The standard InChI is InChI=1S/C16H30ClN5O.HI/c1-6-18-16(19-7-8-20(2)9-10-23-5)22(4)13-15-11-14(17)12-21(15)3;/h11-12H,6-10,13H2,1-5H3,(H,18,19);1H. The number of nitrogens with zero attached hydrogens (tertiary/aromatic N) is 4. The molecule has 1 aromatic heterocycles. The highest BCUT2D eigenvalue weighted by Gasteiger charge is 2.09. The van der Waals surface area contributed by atoms with Gasteiger partial charge < -0.3 is 24.4 Å². The maximum absolute atomic E-state index is 6.05. The van der Waals surface area contributed by atoms with Crippen molar-refractivity contribution in [3.05, 3.63) is 23.0 Å². The summed E-state index contributed by atoms with van der Waals surface area (Å²) >= 11 is 6.05. The first-order valence-corrected chi connectivity index (χ1v) is 8.33. The minimum atomic E-state index is 0. The minimum absolute atomic E-state index is 0. The second-order valence-electron chi connectivity index (χ2n) is 5.65. The molecule has 0 fully saturated rings. The van der Waals surface area contributed by atoms with Gasteiger partial charge in [0.2, 0.25) is 0 Å². The molecule has 8 heteroatoms. The molecule has 0 bridgehead atoms. The molecule has 0 saturated heterocycles. The Morgan fingerprint density at radius 2 is 2.08 bits per heavy atom. The van der Waals surface area contributed by atoms with Crippen molar-refractivity contribution in [1.82, 2.24) is 19.7 Å². The number of aryl methyl sites for hydroxylation is 1. The van der Waals surface area contributed by atoms with Gasteiger partial charge in [0.05, 0.1) is 24.7 Å². The summed E-state index contributed by atoms with van der Waals surface area (Å²) in [6.45, 7) is 7.00. The van der Waals surface area contributed by atoms with Crippen LogP contribution in [0.5, 0.6) is 0 Å². The number of rotatable bonds is 9. The fourth-order valence-electron chi connectivity index (χ4n) is 2.20. The van der Waals surface area contributed by atoms with Crippen molar-refractivity contribution in [3.63, 3.8) is 0 Å². The van der Waals surface area contributed by atoms with Gasteiger partial charge in [0.15, 0.2) is 5.96 Å². The van der Waals surface area contributed by atoms with Crippen molar-refractivity contribution in [2.75, 3.05) is 54.0 Å². The summed E-state index contributed by atoms with van der Waals surface area (Å²) < 4.78 is 7.13. The number of likely N-dealkylation sites (N-methyl/N-ethyl adjacent to an activating group) is 1. The van der Waals surface area contributed by atoms with Crippen LogP contribution in [0.2, 0.25) is 5.02 Å². The lowest BCUT2D eigenvalue weighted by Gasteiger charge is -2.23. The van der Waals surface area contributed by atoms with Gasteiger partial charge in [0.25, 0.3) is 0 Å². The van der Waals surface area contributed by atoms with Crippen LogP contribution >= 0.6 is 35.6 Å². The Balaban J connectivity index is 0.00000529. The molecular formula is C16H31ClIN5O. The van der Waals surface area contributed by atoms with Crippen LogP contribution in [0.15, 0.2) is 17.3 Å². The summed E-state index contributed by atoms with van der Waals surface area (Å²) in [7, 11) is 7.85. The second kappa shape index (κ2) is 12.8. The molecule has 1 heterocycles. The molecule has 0 radical (unpaired) electrons. The smallest absolute Gasteiger partial charge is 0.194 e. The van der Waals surface area contributed by atoms with E-state index in [1.165, 1.54) is 0 Å². The van der Waals surface area contributed by atoms with Crippen LogP contribution in [0, 0.1) is 0 Å². The fraction of sp³-hybridized carbons (Fsp3) is 0.688. The third-order valence-electron chi connectivity index (χ3n) is 3.59. The lowest BCUT2D eigenvalue weighted by Crippen LogP contribution is -2.39. The molecule has 0 aliphatic heterocycles. The highest BCUT2D eigenvalue weighted by Crippen LogP contribution is 2.14. The zero-order chi connectivity index (χ0) is 17.2. The zero-order valence-corrected chi connectivity index (χ0v) is 18.5. The summed E-state index contributed by atoms with van der Waals surface area (Å²) in [6, 6.07) is 1.99. The van der Waals surface area contributed by atoms with Crippen LogP contribution in [0.1, 0.15) is 12.6 Å². The van der Waals surface area contributed by atoms with Gasteiger partial charge in [-0.2, -0.15) is 0 Å². The van der Waals surface area contributed by atoms with Crippen LogP contribution in [-0.4, -0.2) is 74.3 Å². The molecule has 0 aromatic carbocycles. The molecule has 1 N–H and O–H groups in total. The Kier molecular flexibility index (Phi) is 12.5. The number of aromatic nitrogens is 1. The number of hydrogen-bond donors (Lipinski definition) is 1. The third kappa shape index (κ3) is 8.55. The SMILES string of the molecule is CCNC(=NCCN(C)CCOC)N(C)Cc1cc(Cl)cn1C.I. The van der Waals surface area contributed by atoms with E-state index in [9.17, 15) is 0 Å². The summed E-state index contributed by atoms with van der Waals surface area (Å²) in [4.78, 5) is 9.03. The molecule has 0 spiro atoms. The van der Waals surface area contributed by atoms with Gasteiger partial charge in [-0.3, -0.25) is 4.99 Å². The van der Waals surface area contributed by atoms with Gasteiger partial charge >= 0.3 is 0 Å².